The van der Waals surface area contributed by atoms with Crippen LogP contribution in [-0.4, -0.2) is 12.0 Å². The first-order valence-corrected chi connectivity index (χ1v) is 6.85. The Morgan fingerprint density at radius 3 is 2.58 bits per heavy atom. The van der Waals surface area contributed by atoms with Gasteiger partial charge in [0.2, 0.25) is 0 Å². The summed E-state index contributed by atoms with van der Waals surface area (Å²) in [7, 11) is 1.97. The molecule has 0 spiro atoms. The van der Waals surface area contributed by atoms with Crippen LogP contribution in [0.2, 0.25) is 5.02 Å². The van der Waals surface area contributed by atoms with Gasteiger partial charge in [0.1, 0.15) is 0 Å². The van der Waals surface area contributed by atoms with Crippen LogP contribution < -0.4 is 5.32 Å². The Balaban J connectivity index is 2.31. The molecule has 1 aromatic carbocycles. The number of hydrogen-bond acceptors (Lipinski definition) is 2. The maximum atomic E-state index is 6.22. The number of pyridine rings is 1. The summed E-state index contributed by atoms with van der Waals surface area (Å²) in [4.78, 5) is 4.44. The number of nitrogens with one attached hydrogen (secondary N) is 1. The van der Waals surface area contributed by atoms with Gasteiger partial charge in [0, 0.05) is 28.9 Å². The molecule has 1 aromatic heterocycles. The minimum absolute atomic E-state index is 0.202. The van der Waals surface area contributed by atoms with Crippen molar-refractivity contribution in [1.29, 1.82) is 0 Å². The molecule has 1 heterocycles. The van der Waals surface area contributed by atoms with Crippen molar-refractivity contribution >= 4 is 11.6 Å². The normalized spacial score (nSPS) is 14.1. The van der Waals surface area contributed by atoms with Gasteiger partial charge in [-0.1, -0.05) is 36.7 Å². The Morgan fingerprint density at radius 2 is 2.00 bits per heavy atom. The van der Waals surface area contributed by atoms with E-state index in [1.807, 2.05) is 38.4 Å². The lowest BCUT2D eigenvalue weighted by molar-refractivity contribution is 0.499. The third-order valence-corrected chi connectivity index (χ3v) is 3.93. The minimum Gasteiger partial charge on any atom is -0.312 e. The van der Waals surface area contributed by atoms with Crippen LogP contribution in [0.5, 0.6) is 0 Å². The second kappa shape index (κ2) is 6.18. The second-order valence-electron chi connectivity index (χ2n) is 4.82. The van der Waals surface area contributed by atoms with Gasteiger partial charge in [0.25, 0.3) is 0 Å². The fourth-order valence-corrected chi connectivity index (χ4v) is 2.51. The van der Waals surface area contributed by atoms with Gasteiger partial charge in [-0.15, -0.1) is 0 Å². The summed E-state index contributed by atoms with van der Waals surface area (Å²) in [6.07, 6.45) is 1.83. The third kappa shape index (κ3) is 3.14. The highest BCUT2D eigenvalue weighted by Gasteiger charge is 2.20. The van der Waals surface area contributed by atoms with E-state index < -0.39 is 0 Å². The van der Waals surface area contributed by atoms with Gasteiger partial charge in [-0.3, -0.25) is 4.98 Å². The van der Waals surface area contributed by atoms with Crippen LogP contribution in [0, 0.1) is 6.92 Å². The van der Waals surface area contributed by atoms with Crippen LogP contribution in [0.1, 0.15) is 35.7 Å². The van der Waals surface area contributed by atoms with E-state index in [0.717, 1.165) is 16.3 Å². The van der Waals surface area contributed by atoms with E-state index in [9.17, 15) is 0 Å². The number of benzene rings is 1. The Labute approximate surface area is 119 Å². The van der Waals surface area contributed by atoms with Crippen LogP contribution >= 0.6 is 11.6 Å². The van der Waals surface area contributed by atoms with E-state index in [4.69, 9.17) is 11.6 Å². The summed E-state index contributed by atoms with van der Waals surface area (Å²) in [5, 5.41) is 4.18. The molecule has 2 nitrogen and oxygen atoms in total. The number of halogens is 1. The average Bonchev–Trinajstić information content (AvgIpc) is 2.44. The first-order valence-electron chi connectivity index (χ1n) is 6.47. The Bertz CT molecular complexity index is 540. The quantitative estimate of drug-likeness (QED) is 0.908. The molecule has 0 aliphatic rings. The Hall–Kier alpha value is -1.38. The van der Waals surface area contributed by atoms with Gasteiger partial charge < -0.3 is 5.32 Å². The molecule has 19 heavy (non-hydrogen) atoms. The number of rotatable bonds is 4. The zero-order valence-corrected chi connectivity index (χ0v) is 12.3. The molecule has 2 aromatic rings. The average molecular weight is 275 g/mol. The third-order valence-electron chi connectivity index (χ3n) is 3.52. The smallest absolute Gasteiger partial charge is 0.0450 e. The highest BCUT2D eigenvalue weighted by molar-refractivity contribution is 6.31. The van der Waals surface area contributed by atoms with Crippen molar-refractivity contribution in [2.45, 2.75) is 25.8 Å². The van der Waals surface area contributed by atoms with Crippen LogP contribution in [0.15, 0.2) is 42.6 Å². The number of nitrogens with zero attached hydrogens (tertiary/aromatic N) is 1. The maximum absolute atomic E-state index is 6.22. The molecule has 0 amide bonds. The van der Waals surface area contributed by atoms with Gasteiger partial charge in [-0.2, -0.15) is 0 Å². The van der Waals surface area contributed by atoms with Gasteiger partial charge in [0.15, 0.2) is 0 Å². The molecule has 2 atom stereocenters. The van der Waals surface area contributed by atoms with Crippen molar-refractivity contribution < 1.29 is 0 Å². The molecule has 0 saturated heterocycles. The lowest BCUT2D eigenvalue weighted by Crippen LogP contribution is -2.22. The summed E-state index contributed by atoms with van der Waals surface area (Å²) in [6.45, 7) is 4.19. The van der Waals surface area contributed by atoms with Gasteiger partial charge in [0.05, 0.1) is 0 Å². The van der Waals surface area contributed by atoms with Gasteiger partial charge in [-0.25, -0.2) is 0 Å². The lowest BCUT2D eigenvalue weighted by Gasteiger charge is -2.24. The molecule has 0 fully saturated rings. The zero-order valence-electron chi connectivity index (χ0n) is 11.5. The van der Waals surface area contributed by atoms with E-state index in [-0.39, 0.29) is 12.0 Å². The summed E-state index contributed by atoms with van der Waals surface area (Å²) in [5.41, 5.74) is 3.38. The number of hydrogen-bond donors (Lipinski definition) is 1. The second-order valence-corrected chi connectivity index (χ2v) is 5.23. The SMILES string of the molecule is CNC(c1ccc(C)c(Cl)c1)C(C)c1ccccn1. The van der Waals surface area contributed by atoms with Crippen molar-refractivity contribution in [3.05, 3.63) is 64.4 Å². The van der Waals surface area contributed by atoms with E-state index >= 15 is 0 Å². The molecule has 3 heteroatoms. The molecule has 1 N–H and O–H groups in total. The lowest BCUT2D eigenvalue weighted by atomic mass is 9.91. The molecular weight excluding hydrogens is 256 g/mol. The largest absolute Gasteiger partial charge is 0.312 e. The molecule has 0 aliphatic carbocycles. The summed E-state index contributed by atoms with van der Waals surface area (Å²) in [5.74, 6) is 0.282. The van der Waals surface area contributed by atoms with E-state index in [1.54, 1.807) is 0 Å². The molecule has 0 bridgehead atoms. The standard InChI is InChI=1S/C16H19ClN2/c1-11-7-8-13(10-14(11)17)16(18-3)12(2)15-6-4-5-9-19-15/h4-10,12,16,18H,1-3H3. The van der Waals surface area contributed by atoms with Crippen molar-refractivity contribution in [1.82, 2.24) is 10.3 Å². The molecule has 0 saturated carbocycles. The molecule has 0 aliphatic heterocycles. The van der Waals surface area contributed by atoms with Gasteiger partial charge in [-0.05, 0) is 43.3 Å². The zero-order chi connectivity index (χ0) is 13.8. The van der Waals surface area contributed by atoms with Crippen molar-refractivity contribution in [3.63, 3.8) is 0 Å². The highest BCUT2D eigenvalue weighted by Crippen LogP contribution is 2.31. The van der Waals surface area contributed by atoms with Crippen molar-refractivity contribution in [3.8, 4) is 0 Å². The van der Waals surface area contributed by atoms with Crippen LogP contribution in [0.25, 0.3) is 0 Å². The monoisotopic (exact) mass is 274 g/mol. The Morgan fingerprint density at radius 1 is 1.21 bits per heavy atom. The number of likely N-dealkylation sites (N-methyl/N-ethyl adjacent to an activating group) is 1. The van der Waals surface area contributed by atoms with Crippen LogP contribution in [-0.2, 0) is 0 Å². The minimum atomic E-state index is 0.202. The molecular formula is C16H19ClN2. The summed E-state index contributed by atoms with van der Waals surface area (Å²) >= 11 is 6.22. The molecule has 2 rings (SSSR count). The van der Waals surface area contributed by atoms with Gasteiger partial charge >= 0.3 is 0 Å². The topological polar surface area (TPSA) is 24.9 Å². The molecule has 100 valence electrons. The van der Waals surface area contributed by atoms with Crippen molar-refractivity contribution in [2.24, 2.45) is 0 Å². The fourth-order valence-electron chi connectivity index (χ4n) is 2.32. The van der Waals surface area contributed by atoms with E-state index in [1.165, 1.54) is 5.56 Å². The highest BCUT2D eigenvalue weighted by atomic mass is 35.5. The van der Waals surface area contributed by atoms with Crippen LogP contribution in [0.4, 0.5) is 0 Å². The predicted molar refractivity (Wildman–Crippen MR) is 80.6 cm³/mol. The molecule has 2 unspecified atom stereocenters. The Kier molecular flexibility index (Phi) is 4.56. The summed E-state index contributed by atoms with van der Waals surface area (Å²) in [6, 6.07) is 12.5. The van der Waals surface area contributed by atoms with E-state index in [0.29, 0.717) is 0 Å². The number of aromatic nitrogens is 1. The molecule has 0 radical (unpaired) electrons. The van der Waals surface area contributed by atoms with Crippen LogP contribution in [0.3, 0.4) is 0 Å². The summed E-state index contributed by atoms with van der Waals surface area (Å²) < 4.78 is 0. The maximum Gasteiger partial charge on any atom is 0.0450 e. The predicted octanol–water partition coefficient (Wildman–Crippen LogP) is 4.11. The number of aryl methyl sites for hydroxylation is 1. The fraction of sp³-hybridized carbons (Fsp3) is 0.312. The first kappa shape index (κ1) is 14.0. The van der Waals surface area contributed by atoms with Crippen molar-refractivity contribution in [2.75, 3.05) is 7.05 Å². The first-order chi connectivity index (χ1) is 9.13. The van der Waals surface area contributed by atoms with E-state index in [2.05, 4.69) is 35.4 Å².